The molecule has 1 amide bonds. The van der Waals surface area contributed by atoms with E-state index in [2.05, 4.69) is 5.16 Å². The first kappa shape index (κ1) is 20.7. The van der Waals surface area contributed by atoms with E-state index in [4.69, 9.17) is 20.9 Å². The number of aromatic nitrogens is 1. The van der Waals surface area contributed by atoms with Crippen LogP contribution in [0.15, 0.2) is 58.6 Å². The number of anilines is 1. The molecule has 3 aromatic rings. The molecule has 1 aromatic heterocycles. The Morgan fingerprint density at radius 2 is 1.84 bits per heavy atom. The second-order valence-corrected chi connectivity index (χ2v) is 7.64. The smallest absolute Gasteiger partial charge is 0.301 e. The quantitative estimate of drug-likeness (QED) is 0.364. The Labute approximate surface area is 183 Å². The van der Waals surface area contributed by atoms with Crippen molar-refractivity contribution in [2.24, 2.45) is 0 Å². The predicted molar refractivity (Wildman–Crippen MR) is 115 cm³/mol. The molecule has 2 heterocycles. The SMILES string of the molecule is COc1ccc(C(O)=C2C(=O)C(=O)N(c3cc(C)on3)C2c2ccc(Cl)cc2)cc1C. The molecule has 2 aromatic carbocycles. The van der Waals surface area contributed by atoms with Gasteiger partial charge in [-0.1, -0.05) is 28.9 Å². The lowest BCUT2D eigenvalue weighted by Crippen LogP contribution is -2.29. The van der Waals surface area contributed by atoms with Gasteiger partial charge in [0.05, 0.1) is 18.7 Å². The summed E-state index contributed by atoms with van der Waals surface area (Å²) in [6, 6.07) is 12.4. The summed E-state index contributed by atoms with van der Waals surface area (Å²) < 4.78 is 10.4. The van der Waals surface area contributed by atoms with E-state index in [1.807, 2.05) is 6.92 Å². The van der Waals surface area contributed by atoms with E-state index in [0.717, 1.165) is 5.56 Å². The molecule has 31 heavy (non-hydrogen) atoms. The van der Waals surface area contributed by atoms with E-state index >= 15 is 0 Å². The van der Waals surface area contributed by atoms with Crippen molar-refractivity contribution in [1.29, 1.82) is 0 Å². The summed E-state index contributed by atoms with van der Waals surface area (Å²) in [5, 5.41) is 15.5. The van der Waals surface area contributed by atoms with Crippen molar-refractivity contribution in [3.8, 4) is 5.75 Å². The number of carbonyl (C=O) groups is 2. The molecular formula is C23H19ClN2O5. The topological polar surface area (TPSA) is 92.9 Å². The maximum absolute atomic E-state index is 13.1. The van der Waals surface area contributed by atoms with Crippen LogP contribution in [0.3, 0.4) is 0 Å². The molecule has 0 saturated carbocycles. The van der Waals surface area contributed by atoms with Crippen LogP contribution in [0.25, 0.3) is 5.76 Å². The number of halogens is 1. The lowest BCUT2D eigenvalue weighted by Gasteiger charge is -2.23. The van der Waals surface area contributed by atoms with Crippen molar-refractivity contribution in [3.63, 3.8) is 0 Å². The van der Waals surface area contributed by atoms with E-state index in [-0.39, 0.29) is 17.2 Å². The molecule has 4 rings (SSSR count). The van der Waals surface area contributed by atoms with E-state index in [1.54, 1.807) is 62.6 Å². The van der Waals surface area contributed by atoms with Crippen LogP contribution in [0.5, 0.6) is 5.75 Å². The van der Waals surface area contributed by atoms with Gasteiger partial charge in [0.1, 0.15) is 17.3 Å². The van der Waals surface area contributed by atoms with E-state index in [9.17, 15) is 14.7 Å². The molecule has 1 unspecified atom stereocenters. The molecule has 1 atom stereocenters. The summed E-state index contributed by atoms with van der Waals surface area (Å²) in [5.74, 6) is -0.593. The Morgan fingerprint density at radius 3 is 2.42 bits per heavy atom. The summed E-state index contributed by atoms with van der Waals surface area (Å²) in [6.45, 7) is 3.51. The third kappa shape index (κ3) is 3.57. The molecular weight excluding hydrogens is 420 g/mol. The van der Waals surface area contributed by atoms with Crippen LogP contribution in [-0.2, 0) is 9.59 Å². The average Bonchev–Trinajstić information content (AvgIpc) is 3.29. The highest BCUT2D eigenvalue weighted by Gasteiger charge is 2.48. The number of nitrogens with zero attached hydrogens (tertiary/aromatic N) is 2. The fourth-order valence-electron chi connectivity index (χ4n) is 3.68. The zero-order chi connectivity index (χ0) is 22.3. The zero-order valence-corrected chi connectivity index (χ0v) is 17.8. The van der Waals surface area contributed by atoms with Gasteiger partial charge in [-0.05, 0) is 55.3 Å². The number of aryl methyl sites for hydroxylation is 2. The Bertz CT molecular complexity index is 1210. The van der Waals surface area contributed by atoms with E-state index in [1.165, 1.54) is 4.90 Å². The van der Waals surface area contributed by atoms with Gasteiger partial charge >= 0.3 is 5.91 Å². The number of benzene rings is 2. The Kier molecular flexibility index (Phi) is 5.29. The van der Waals surface area contributed by atoms with Gasteiger partial charge in [-0.2, -0.15) is 0 Å². The van der Waals surface area contributed by atoms with Gasteiger partial charge in [0.2, 0.25) is 0 Å². The van der Waals surface area contributed by atoms with Crippen LogP contribution in [0.4, 0.5) is 5.82 Å². The number of aliphatic hydroxyl groups is 1. The first-order valence-corrected chi connectivity index (χ1v) is 9.84. The first-order chi connectivity index (χ1) is 14.8. The largest absolute Gasteiger partial charge is 0.507 e. The highest BCUT2D eigenvalue weighted by atomic mass is 35.5. The lowest BCUT2D eigenvalue weighted by atomic mass is 9.95. The maximum Gasteiger partial charge on any atom is 0.301 e. The molecule has 1 aliphatic rings. The molecule has 1 aliphatic heterocycles. The molecule has 1 saturated heterocycles. The molecule has 158 valence electrons. The Balaban J connectivity index is 1.93. The van der Waals surface area contributed by atoms with Crippen LogP contribution in [0.2, 0.25) is 5.02 Å². The van der Waals surface area contributed by atoms with Gasteiger partial charge < -0.3 is 14.4 Å². The molecule has 0 radical (unpaired) electrons. The van der Waals surface area contributed by atoms with Crippen LogP contribution >= 0.6 is 11.6 Å². The number of Topliss-reactive ketones (excluding diaryl/α,β-unsaturated/α-hetero) is 1. The van der Waals surface area contributed by atoms with Gasteiger partial charge in [-0.3, -0.25) is 14.5 Å². The van der Waals surface area contributed by atoms with Crippen molar-refractivity contribution in [2.75, 3.05) is 12.0 Å². The lowest BCUT2D eigenvalue weighted by molar-refractivity contribution is -0.132. The minimum atomic E-state index is -0.899. The summed E-state index contributed by atoms with van der Waals surface area (Å²) >= 11 is 6.03. The number of hydrogen-bond acceptors (Lipinski definition) is 6. The van der Waals surface area contributed by atoms with Gasteiger partial charge in [0, 0.05) is 16.7 Å². The van der Waals surface area contributed by atoms with Crippen LogP contribution in [-0.4, -0.2) is 29.1 Å². The molecule has 1 fully saturated rings. The number of ether oxygens (including phenoxy) is 1. The molecule has 0 aliphatic carbocycles. The summed E-state index contributed by atoms with van der Waals surface area (Å²) in [5.41, 5.74) is 1.72. The van der Waals surface area contributed by atoms with Crippen molar-refractivity contribution >= 4 is 34.9 Å². The maximum atomic E-state index is 13.1. The Morgan fingerprint density at radius 1 is 1.13 bits per heavy atom. The number of rotatable bonds is 4. The standard InChI is InChI=1S/C23H19ClN2O5/c1-12-10-15(6-9-17(12)30-3)21(27)19-20(14-4-7-16(24)8-5-14)26(23(29)22(19)28)18-11-13(2)31-25-18/h4-11,20,27H,1-3H3. The van der Waals surface area contributed by atoms with Gasteiger partial charge in [-0.15, -0.1) is 0 Å². The number of ketones is 1. The number of amides is 1. The van der Waals surface area contributed by atoms with Crippen LogP contribution in [0.1, 0.15) is 28.5 Å². The van der Waals surface area contributed by atoms with Gasteiger partial charge in [0.25, 0.3) is 5.78 Å². The van der Waals surface area contributed by atoms with Crippen molar-refractivity contribution in [2.45, 2.75) is 19.9 Å². The van der Waals surface area contributed by atoms with E-state index < -0.39 is 17.7 Å². The molecule has 8 heteroatoms. The molecule has 0 spiro atoms. The predicted octanol–water partition coefficient (Wildman–Crippen LogP) is 4.58. The first-order valence-electron chi connectivity index (χ1n) is 9.46. The minimum Gasteiger partial charge on any atom is -0.507 e. The normalized spacial score (nSPS) is 17.9. The number of carbonyl (C=O) groups excluding carboxylic acids is 2. The molecule has 0 bridgehead atoms. The third-order valence-electron chi connectivity index (χ3n) is 5.16. The Hall–Kier alpha value is -3.58. The number of methoxy groups -OCH3 is 1. The second kappa shape index (κ2) is 7.92. The second-order valence-electron chi connectivity index (χ2n) is 7.20. The summed E-state index contributed by atoms with van der Waals surface area (Å²) in [7, 11) is 1.55. The zero-order valence-electron chi connectivity index (χ0n) is 17.0. The van der Waals surface area contributed by atoms with Crippen molar-refractivity contribution in [1.82, 2.24) is 5.16 Å². The van der Waals surface area contributed by atoms with Crippen molar-refractivity contribution < 1.29 is 24.0 Å². The van der Waals surface area contributed by atoms with Crippen LogP contribution < -0.4 is 9.64 Å². The van der Waals surface area contributed by atoms with Gasteiger partial charge in [0.15, 0.2) is 5.82 Å². The van der Waals surface area contributed by atoms with Gasteiger partial charge in [-0.25, -0.2) is 0 Å². The number of aliphatic hydroxyl groups excluding tert-OH is 1. The third-order valence-corrected chi connectivity index (χ3v) is 5.41. The van der Waals surface area contributed by atoms with Crippen molar-refractivity contribution in [3.05, 3.63) is 81.6 Å². The highest BCUT2D eigenvalue weighted by molar-refractivity contribution is 6.51. The summed E-state index contributed by atoms with van der Waals surface area (Å²) in [6.07, 6.45) is 0. The number of hydrogen-bond donors (Lipinski definition) is 1. The highest BCUT2D eigenvalue weighted by Crippen LogP contribution is 2.42. The monoisotopic (exact) mass is 438 g/mol. The fraction of sp³-hybridized carbons (Fsp3) is 0.174. The van der Waals surface area contributed by atoms with E-state index in [0.29, 0.717) is 27.7 Å². The fourth-order valence-corrected chi connectivity index (χ4v) is 3.80. The summed E-state index contributed by atoms with van der Waals surface area (Å²) in [4.78, 5) is 27.3. The average molecular weight is 439 g/mol. The minimum absolute atomic E-state index is 0.0439. The van der Waals surface area contributed by atoms with Crippen LogP contribution in [0, 0.1) is 13.8 Å². The molecule has 7 nitrogen and oxygen atoms in total. The molecule has 1 N–H and O–H groups in total.